The van der Waals surface area contributed by atoms with Gasteiger partial charge in [0.25, 0.3) is 0 Å². The van der Waals surface area contributed by atoms with E-state index in [1.165, 1.54) is 5.00 Å². The van der Waals surface area contributed by atoms with Crippen molar-refractivity contribution in [1.82, 2.24) is 10.2 Å². The summed E-state index contributed by atoms with van der Waals surface area (Å²) >= 11 is 1.79. The maximum absolute atomic E-state index is 12.3. The molecule has 0 spiro atoms. The van der Waals surface area contributed by atoms with Gasteiger partial charge in [-0.3, -0.25) is 9.20 Å². The Kier molecular flexibility index (Phi) is 6.47. The zero-order valence-electron chi connectivity index (χ0n) is 14.4. The highest BCUT2D eigenvalue weighted by molar-refractivity contribution is 7.85. The fourth-order valence-corrected chi connectivity index (χ4v) is 4.64. The van der Waals surface area contributed by atoms with Gasteiger partial charge in [0.1, 0.15) is 0 Å². The molecule has 0 amide bonds. The van der Waals surface area contributed by atoms with Gasteiger partial charge in [0.15, 0.2) is 5.96 Å². The van der Waals surface area contributed by atoms with Gasteiger partial charge < -0.3 is 15.1 Å². The Bertz CT molecular complexity index is 695. The summed E-state index contributed by atoms with van der Waals surface area (Å²) in [7, 11) is 0.832. The first-order valence-electron chi connectivity index (χ1n) is 8.45. The van der Waals surface area contributed by atoms with E-state index < -0.39 is 10.8 Å². The van der Waals surface area contributed by atoms with Crippen LogP contribution in [0.2, 0.25) is 0 Å². The Morgan fingerprint density at radius 3 is 2.56 bits per heavy atom. The lowest BCUT2D eigenvalue weighted by atomic mass is 10.3. The number of benzene rings is 1. The van der Waals surface area contributed by atoms with Crippen molar-refractivity contribution in [3.63, 3.8) is 0 Å². The fourth-order valence-electron chi connectivity index (χ4n) is 2.87. The molecule has 134 valence electrons. The molecule has 0 aliphatic carbocycles. The number of piperazine rings is 1. The first-order chi connectivity index (χ1) is 12.3. The van der Waals surface area contributed by atoms with E-state index in [0.717, 1.165) is 37.0 Å². The van der Waals surface area contributed by atoms with E-state index in [9.17, 15) is 4.21 Å². The minimum Gasteiger partial charge on any atom is -0.360 e. The molecular formula is C18H24N4OS2. The number of aliphatic imine (C=N–C) groups is 1. The van der Waals surface area contributed by atoms with Crippen LogP contribution in [0.3, 0.4) is 0 Å². The van der Waals surface area contributed by atoms with Gasteiger partial charge in [-0.1, -0.05) is 18.2 Å². The summed E-state index contributed by atoms with van der Waals surface area (Å²) in [4.78, 5) is 9.95. The summed E-state index contributed by atoms with van der Waals surface area (Å²) in [6, 6.07) is 13.9. The van der Waals surface area contributed by atoms with Crippen LogP contribution in [0.25, 0.3) is 0 Å². The van der Waals surface area contributed by atoms with Gasteiger partial charge in [-0.25, -0.2) is 0 Å². The molecule has 1 saturated heterocycles. The van der Waals surface area contributed by atoms with Crippen molar-refractivity contribution in [3.05, 3.63) is 47.8 Å². The average Bonchev–Trinajstić information content (AvgIpc) is 3.21. The van der Waals surface area contributed by atoms with Crippen LogP contribution in [0.5, 0.6) is 0 Å². The number of rotatable bonds is 5. The minimum absolute atomic E-state index is 0.582. The molecule has 1 N–H and O–H groups in total. The first-order valence-corrected chi connectivity index (χ1v) is 10.7. The Labute approximate surface area is 155 Å². The highest BCUT2D eigenvalue weighted by Gasteiger charge is 2.20. The molecule has 5 nitrogen and oxygen atoms in total. The van der Waals surface area contributed by atoms with Crippen LogP contribution in [-0.2, 0) is 10.8 Å². The Morgan fingerprint density at radius 2 is 1.92 bits per heavy atom. The SMILES string of the molecule is CN=C(NCCS(=O)c1ccccc1)N1CCN(c2cccs2)CC1. The van der Waals surface area contributed by atoms with Crippen LogP contribution in [0, 0.1) is 0 Å². The molecule has 0 radical (unpaired) electrons. The molecule has 1 aliphatic heterocycles. The topological polar surface area (TPSA) is 47.9 Å². The number of nitrogens with one attached hydrogen (secondary N) is 1. The maximum Gasteiger partial charge on any atom is 0.193 e. The molecule has 2 aromatic rings. The van der Waals surface area contributed by atoms with Crippen molar-refractivity contribution >= 4 is 33.1 Å². The molecule has 1 fully saturated rings. The quantitative estimate of drug-likeness (QED) is 0.642. The van der Waals surface area contributed by atoms with Gasteiger partial charge in [-0.2, -0.15) is 0 Å². The zero-order chi connectivity index (χ0) is 17.5. The second-order valence-electron chi connectivity index (χ2n) is 5.76. The van der Waals surface area contributed by atoms with Gasteiger partial charge in [-0.05, 0) is 29.6 Å². The van der Waals surface area contributed by atoms with Crippen molar-refractivity contribution < 1.29 is 4.21 Å². The standard InChI is InChI=1S/C18H24N4OS2/c1-19-18(20-9-15-25(23)16-6-3-2-4-7-16)22-12-10-21(11-13-22)17-8-5-14-24-17/h2-8,14H,9-13,15H2,1H3,(H,19,20). The largest absolute Gasteiger partial charge is 0.360 e. The predicted molar refractivity (Wildman–Crippen MR) is 107 cm³/mol. The van der Waals surface area contributed by atoms with Crippen molar-refractivity contribution in [2.75, 3.05) is 50.4 Å². The molecule has 7 heteroatoms. The van der Waals surface area contributed by atoms with Crippen LogP contribution < -0.4 is 10.2 Å². The van der Waals surface area contributed by atoms with E-state index in [-0.39, 0.29) is 0 Å². The molecule has 1 atom stereocenters. The Balaban J connectivity index is 1.45. The lowest BCUT2D eigenvalue weighted by Crippen LogP contribution is -2.52. The van der Waals surface area contributed by atoms with E-state index in [1.54, 1.807) is 11.3 Å². The average molecular weight is 377 g/mol. The van der Waals surface area contributed by atoms with Gasteiger partial charge in [0.2, 0.25) is 0 Å². The molecule has 1 unspecified atom stereocenters. The molecule has 2 heterocycles. The molecular weight excluding hydrogens is 352 g/mol. The minimum atomic E-state index is -0.976. The molecule has 1 aliphatic rings. The fraction of sp³-hybridized carbons (Fsp3) is 0.389. The number of nitrogens with zero attached hydrogens (tertiary/aromatic N) is 3. The summed E-state index contributed by atoms with van der Waals surface area (Å²) in [6.45, 7) is 4.53. The lowest BCUT2D eigenvalue weighted by molar-refractivity contribution is 0.374. The van der Waals surface area contributed by atoms with E-state index in [2.05, 4.69) is 37.6 Å². The molecule has 1 aromatic heterocycles. The third-order valence-electron chi connectivity index (χ3n) is 4.19. The van der Waals surface area contributed by atoms with Crippen LogP contribution in [0.4, 0.5) is 5.00 Å². The highest BCUT2D eigenvalue weighted by atomic mass is 32.2. The molecule has 25 heavy (non-hydrogen) atoms. The number of thiophene rings is 1. The second kappa shape index (κ2) is 9.01. The van der Waals surface area contributed by atoms with Crippen molar-refractivity contribution in [1.29, 1.82) is 0 Å². The normalized spacial score (nSPS) is 16.8. The molecule has 3 rings (SSSR count). The van der Waals surface area contributed by atoms with Gasteiger partial charge >= 0.3 is 0 Å². The maximum atomic E-state index is 12.3. The summed E-state index contributed by atoms with van der Waals surface area (Å²) in [5.74, 6) is 1.48. The van der Waals surface area contributed by atoms with Crippen molar-refractivity contribution in [2.24, 2.45) is 4.99 Å². The number of hydrogen-bond donors (Lipinski definition) is 1. The van der Waals surface area contributed by atoms with E-state index in [0.29, 0.717) is 12.3 Å². The summed E-state index contributed by atoms with van der Waals surface area (Å²) in [5, 5.41) is 6.81. The van der Waals surface area contributed by atoms with E-state index in [4.69, 9.17) is 0 Å². The second-order valence-corrected chi connectivity index (χ2v) is 8.26. The smallest absolute Gasteiger partial charge is 0.193 e. The predicted octanol–water partition coefficient (Wildman–Crippen LogP) is 2.25. The van der Waals surface area contributed by atoms with Crippen LogP contribution in [-0.4, -0.2) is 60.6 Å². The highest BCUT2D eigenvalue weighted by Crippen LogP contribution is 2.22. The first kappa shape index (κ1) is 17.9. The van der Waals surface area contributed by atoms with E-state index >= 15 is 0 Å². The molecule has 0 saturated carbocycles. The summed E-state index contributed by atoms with van der Waals surface area (Å²) in [5.41, 5.74) is 0. The monoisotopic (exact) mass is 376 g/mol. The van der Waals surface area contributed by atoms with Crippen LogP contribution in [0.15, 0.2) is 57.7 Å². The number of anilines is 1. The Hall–Kier alpha value is -1.86. The summed E-state index contributed by atoms with van der Waals surface area (Å²) < 4.78 is 12.3. The van der Waals surface area contributed by atoms with Gasteiger partial charge in [-0.15, -0.1) is 11.3 Å². The molecule has 0 bridgehead atoms. The summed E-state index contributed by atoms with van der Waals surface area (Å²) in [6.07, 6.45) is 0. The number of hydrogen-bond acceptors (Lipinski definition) is 4. The van der Waals surface area contributed by atoms with Crippen LogP contribution >= 0.6 is 11.3 Å². The number of guanidine groups is 1. The van der Waals surface area contributed by atoms with Gasteiger partial charge in [0, 0.05) is 50.4 Å². The zero-order valence-corrected chi connectivity index (χ0v) is 16.1. The molecule has 1 aromatic carbocycles. The third-order valence-corrected chi connectivity index (χ3v) is 6.49. The lowest BCUT2D eigenvalue weighted by Gasteiger charge is -2.37. The van der Waals surface area contributed by atoms with Crippen molar-refractivity contribution in [2.45, 2.75) is 4.90 Å². The van der Waals surface area contributed by atoms with Gasteiger partial charge in [0.05, 0.1) is 15.8 Å². The Morgan fingerprint density at radius 1 is 1.16 bits per heavy atom. The van der Waals surface area contributed by atoms with Crippen molar-refractivity contribution in [3.8, 4) is 0 Å². The van der Waals surface area contributed by atoms with E-state index in [1.807, 2.05) is 37.4 Å². The van der Waals surface area contributed by atoms with Crippen LogP contribution in [0.1, 0.15) is 0 Å². The third kappa shape index (κ3) is 4.83.